The lowest BCUT2D eigenvalue weighted by Gasteiger charge is -2.04. The van der Waals surface area contributed by atoms with Crippen molar-refractivity contribution in [1.82, 2.24) is 9.38 Å². The molecule has 0 atom stereocenters. The first-order valence-corrected chi connectivity index (χ1v) is 7.12. The Balaban J connectivity index is 2.33. The Morgan fingerprint density at radius 2 is 2.16 bits per heavy atom. The molecule has 0 aliphatic heterocycles. The van der Waals surface area contributed by atoms with E-state index in [-0.39, 0.29) is 0 Å². The molecule has 0 saturated heterocycles. The maximum Gasteiger partial charge on any atom is 0.194 e. The number of imidazole rings is 1. The number of aryl methyl sites for hydroxylation is 1. The number of fused-ring (bicyclic) bond motifs is 1. The predicted molar refractivity (Wildman–Crippen MR) is 78.6 cm³/mol. The van der Waals surface area contributed by atoms with E-state index in [2.05, 4.69) is 4.98 Å². The van der Waals surface area contributed by atoms with Crippen LogP contribution in [-0.4, -0.2) is 15.7 Å². The molecule has 0 aliphatic rings. The maximum atomic E-state index is 11.2. The smallest absolute Gasteiger partial charge is 0.194 e. The number of hydrogen-bond donors (Lipinski definition) is 0. The molecule has 0 aliphatic carbocycles. The van der Waals surface area contributed by atoms with E-state index < -0.39 is 0 Å². The third-order valence-electron chi connectivity index (χ3n) is 2.90. The van der Waals surface area contributed by atoms with Crippen LogP contribution in [0.4, 0.5) is 0 Å². The molecule has 0 bridgehead atoms. The Morgan fingerprint density at radius 1 is 1.37 bits per heavy atom. The van der Waals surface area contributed by atoms with Gasteiger partial charge in [-0.25, -0.2) is 4.98 Å². The number of carbonyl (C=O) groups excluding carboxylic acids is 1. The van der Waals surface area contributed by atoms with Gasteiger partial charge in [0.1, 0.15) is 5.69 Å². The van der Waals surface area contributed by atoms with Crippen LogP contribution in [0.5, 0.6) is 0 Å². The molecule has 0 spiro atoms. The van der Waals surface area contributed by atoms with Crippen LogP contribution in [0.3, 0.4) is 0 Å². The van der Waals surface area contributed by atoms with E-state index in [9.17, 15) is 4.79 Å². The Bertz CT molecular complexity index is 791. The second-order valence-electron chi connectivity index (χ2n) is 4.06. The number of thiazole rings is 1. The molecule has 6 heteroatoms. The van der Waals surface area contributed by atoms with Gasteiger partial charge in [-0.05, 0) is 25.1 Å². The van der Waals surface area contributed by atoms with E-state index in [0.29, 0.717) is 21.4 Å². The molecule has 2 heterocycles. The second kappa shape index (κ2) is 4.63. The molecule has 0 unspecified atom stereocenters. The average Bonchev–Trinajstić information content (AvgIpc) is 2.87. The zero-order valence-corrected chi connectivity index (χ0v) is 12.2. The third-order valence-corrected chi connectivity index (χ3v) is 4.28. The van der Waals surface area contributed by atoms with Crippen LogP contribution in [-0.2, 0) is 0 Å². The summed E-state index contributed by atoms with van der Waals surface area (Å²) < 4.78 is 1.82. The van der Waals surface area contributed by atoms with Crippen molar-refractivity contribution in [2.75, 3.05) is 0 Å². The molecular formula is C13H8Cl2N2OS. The number of benzene rings is 1. The normalized spacial score (nSPS) is 11.1. The quantitative estimate of drug-likeness (QED) is 0.653. The van der Waals surface area contributed by atoms with Crippen molar-refractivity contribution in [3.05, 3.63) is 45.0 Å². The number of rotatable bonds is 2. The topological polar surface area (TPSA) is 34.4 Å². The van der Waals surface area contributed by atoms with Gasteiger partial charge < -0.3 is 0 Å². The molecule has 0 N–H and O–H groups in total. The van der Waals surface area contributed by atoms with E-state index in [4.69, 9.17) is 23.2 Å². The summed E-state index contributed by atoms with van der Waals surface area (Å²) in [6.07, 6.45) is 0.815. The summed E-state index contributed by atoms with van der Waals surface area (Å²) in [5.74, 6) is 0. The van der Waals surface area contributed by atoms with Gasteiger partial charge in [0.2, 0.25) is 0 Å². The standard InChI is InChI=1S/C13H8Cl2N2OS/c1-7-11(5-18)17-12(6-19-13(17)16-7)9-3-2-8(14)4-10(9)15/h2-6H,1H3. The number of aldehydes is 1. The number of carbonyl (C=O) groups is 1. The fourth-order valence-electron chi connectivity index (χ4n) is 2.01. The molecule has 0 radical (unpaired) electrons. The van der Waals surface area contributed by atoms with E-state index in [1.54, 1.807) is 12.1 Å². The SMILES string of the molecule is Cc1nc2scc(-c3ccc(Cl)cc3Cl)n2c1C=O. The first kappa shape index (κ1) is 12.7. The summed E-state index contributed by atoms with van der Waals surface area (Å²) in [4.78, 5) is 16.3. The molecule has 3 aromatic rings. The van der Waals surface area contributed by atoms with Gasteiger partial charge in [-0.15, -0.1) is 11.3 Å². The van der Waals surface area contributed by atoms with Crippen molar-refractivity contribution in [2.45, 2.75) is 6.92 Å². The fraction of sp³-hybridized carbons (Fsp3) is 0.0769. The van der Waals surface area contributed by atoms with Crippen molar-refractivity contribution in [3.8, 4) is 11.3 Å². The van der Waals surface area contributed by atoms with Gasteiger partial charge in [-0.2, -0.15) is 0 Å². The molecule has 96 valence electrons. The highest BCUT2D eigenvalue weighted by molar-refractivity contribution is 7.15. The Kier molecular flexibility index (Phi) is 3.09. The summed E-state index contributed by atoms with van der Waals surface area (Å²) in [7, 11) is 0. The van der Waals surface area contributed by atoms with Crippen molar-refractivity contribution in [2.24, 2.45) is 0 Å². The lowest BCUT2D eigenvalue weighted by Crippen LogP contribution is -1.94. The minimum atomic E-state index is 0.551. The van der Waals surface area contributed by atoms with Crippen LogP contribution in [0, 0.1) is 6.92 Å². The van der Waals surface area contributed by atoms with Gasteiger partial charge in [-0.3, -0.25) is 9.20 Å². The Labute approximate surface area is 123 Å². The minimum absolute atomic E-state index is 0.551. The first-order chi connectivity index (χ1) is 9.11. The summed E-state index contributed by atoms with van der Waals surface area (Å²) in [5, 5.41) is 3.07. The van der Waals surface area contributed by atoms with E-state index in [1.807, 2.05) is 22.8 Å². The lowest BCUT2D eigenvalue weighted by atomic mass is 10.1. The summed E-state index contributed by atoms with van der Waals surface area (Å²) in [6, 6.07) is 5.30. The molecule has 0 fully saturated rings. The van der Waals surface area contributed by atoms with Gasteiger partial charge in [0.05, 0.1) is 16.4 Å². The van der Waals surface area contributed by atoms with Crippen molar-refractivity contribution in [1.29, 1.82) is 0 Å². The van der Waals surface area contributed by atoms with Crippen LogP contribution in [0.15, 0.2) is 23.6 Å². The average molecular weight is 311 g/mol. The van der Waals surface area contributed by atoms with Gasteiger partial charge in [0.25, 0.3) is 0 Å². The monoisotopic (exact) mass is 310 g/mol. The van der Waals surface area contributed by atoms with Crippen LogP contribution < -0.4 is 0 Å². The van der Waals surface area contributed by atoms with E-state index in [1.165, 1.54) is 11.3 Å². The zero-order valence-electron chi connectivity index (χ0n) is 9.85. The maximum absolute atomic E-state index is 11.2. The van der Waals surface area contributed by atoms with Gasteiger partial charge in [-0.1, -0.05) is 23.2 Å². The number of nitrogens with zero attached hydrogens (tertiary/aromatic N) is 2. The molecule has 0 amide bonds. The molecule has 3 rings (SSSR count). The van der Waals surface area contributed by atoms with Gasteiger partial charge in [0.15, 0.2) is 11.2 Å². The van der Waals surface area contributed by atoms with E-state index >= 15 is 0 Å². The number of aromatic nitrogens is 2. The summed E-state index contributed by atoms with van der Waals surface area (Å²) in [6.45, 7) is 1.82. The third kappa shape index (κ3) is 1.96. The lowest BCUT2D eigenvalue weighted by molar-refractivity contribution is 0.111. The Hall–Kier alpha value is -1.36. The molecule has 0 saturated carbocycles. The molecular weight excluding hydrogens is 303 g/mol. The highest BCUT2D eigenvalue weighted by Crippen LogP contribution is 2.34. The molecule has 1 aromatic carbocycles. The zero-order chi connectivity index (χ0) is 13.6. The van der Waals surface area contributed by atoms with Crippen molar-refractivity contribution >= 4 is 45.8 Å². The predicted octanol–water partition coefficient (Wildman–Crippen LogP) is 4.49. The minimum Gasteiger partial charge on any atom is -0.296 e. The van der Waals surface area contributed by atoms with Crippen LogP contribution >= 0.6 is 34.5 Å². The second-order valence-corrected chi connectivity index (χ2v) is 5.74. The molecule has 3 nitrogen and oxygen atoms in total. The largest absolute Gasteiger partial charge is 0.296 e. The van der Waals surface area contributed by atoms with Crippen LogP contribution in [0.1, 0.15) is 16.2 Å². The van der Waals surface area contributed by atoms with Crippen LogP contribution in [0.2, 0.25) is 10.0 Å². The summed E-state index contributed by atoms with van der Waals surface area (Å²) in [5.41, 5.74) is 2.95. The van der Waals surface area contributed by atoms with E-state index in [0.717, 1.165) is 22.5 Å². The number of halogens is 2. The Morgan fingerprint density at radius 3 is 2.84 bits per heavy atom. The fourth-order valence-corrected chi connectivity index (χ4v) is 3.45. The van der Waals surface area contributed by atoms with Gasteiger partial charge >= 0.3 is 0 Å². The van der Waals surface area contributed by atoms with Crippen molar-refractivity contribution < 1.29 is 4.79 Å². The van der Waals surface area contributed by atoms with Gasteiger partial charge in [0, 0.05) is 16.0 Å². The highest BCUT2D eigenvalue weighted by Gasteiger charge is 2.16. The van der Waals surface area contributed by atoms with Crippen molar-refractivity contribution in [3.63, 3.8) is 0 Å². The summed E-state index contributed by atoms with van der Waals surface area (Å²) >= 11 is 13.6. The molecule has 2 aromatic heterocycles. The highest BCUT2D eigenvalue weighted by atomic mass is 35.5. The first-order valence-electron chi connectivity index (χ1n) is 5.49. The number of hydrogen-bond acceptors (Lipinski definition) is 3. The van der Waals surface area contributed by atoms with Crippen LogP contribution in [0.25, 0.3) is 16.2 Å². The molecule has 19 heavy (non-hydrogen) atoms.